The third-order valence-electron chi connectivity index (χ3n) is 8.34. The zero-order chi connectivity index (χ0) is 29.2. The third kappa shape index (κ3) is 5.62. The molecule has 4 aromatic rings. The van der Waals surface area contributed by atoms with Gasteiger partial charge >= 0.3 is 0 Å². The van der Waals surface area contributed by atoms with Crippen molar-refractivity contribution >= 4 is 39.8 Å². The van der Waals surface area contributed by atoms with E-state index in [4.69, 9.17) is 9.84 Å². The number of hydrogen-bond donors (Lipinski definition) is 0. The summed E-state index contributed by atoms with van der Waals surface area (Å²) in [7, 11) is 8.17. The number of anilines is 2. The first-order chi connectivity index (χ1) is 20.4. The number of carbonyl (C=O) groups excluding carboxylic acids is 1. The van der Waals surface area contributed by atoms with Gasteiger partial charge in [0.2, 0.25) is 0 Å². The fraction of sp³-hybridized carbons (Fsp3) is 0.278. The third-order valence-corrected chi connectivity index (χ3v) is 8.34. The van der Waals surface area contributed by atoms with Crippen molar-refractivity contribution in [1.82, 2.24) is 5.01 Å². The van der Waals surface area contributed by atoms with Gasteiger partial charge in [0.15, 0.2) is 6.61 Å². The number of fused-ring (bicyclic) bond motifs is 2. The number of nitrogens with zero attached hydrogens (tertiary/aromatic N) is 4. The first kappa shape index (κ1) is 27.6. The van der Waals surface area contributed by atoms with Crippen molar-refractivity contribution in [2.24, 2.45) is 11.0 Å². The van der Waals surface area contributed by atoms with E-state index in [1.54, 1.807) is 5.01 Å². The molecule has 0 aromatic heterocycles. The molecular formula is C36H38N4O2. The lowest BCUT2D eigenvalue weighted by atomic mass is 9.77. The Bertz CT molecular complexity index is 1640. The van der Waals surface area contributed by atoms with E-state index in [0.717, 1.165) is 52.6 Å². The van der Waals surface area contributed by atoms with Gasteiger partial charge in [-0.05, 0) is 89.2 Å². The number of carbonyl (C=O) groups is 1. The normalized spacial score (nSPS) is 19.0. The predicted molar refractivity (Wildman–Crippen MR) is 173 cm³/mol. The number of amides is 1. The Balaban J connectivity index is 1.30. The van der Waals surface area contributed by atoms with Gasteiger partial charge in [-0.2, -0.15) is 5.10 Å². The Morgan fingerprint density at radius 3 is 2.24 bits per heavy atom. The maximum absolute atomic E-state index is 13.8. The topological polar surface area (TPSA) is 48.4 Å². The smallest absolute Gasteiger partial charge is 0.281 e. The van der Waals surface area contributed by atoms with Crippen LogP contribution in [0.4, 0.5) is 11.4 Å². The number of allylic oxidation sites excluding steroid dienone is 1. The van der Waals surface area contributed by atoms with Gasteiger partial charge < -0.3 is 14.5 Å². The molecule has 0 bridgehead atoms. The fourth-order valence-corrected chi connectivity index (χ4v) is 6.05. The van der Waals surface area contributed by atoms with Crippen molar-refractivity contribution in [2.45, 2.75) is 25.3 Å². The zero-order valence-corrected chi connectivity index (χ0v) is 24.8. The molecular weight excluding hydrogens is 520 g/mol. The molecule has 1 heterocycles. The van der Waals surface area contributed by atoms with Gasteiger partial charge in [-0.15, -0.1) is 0 Å². The second-order valence-electron chi connectivity index (χ2n) is 11.6. The van der Waals surface area contributed by atoms with Crippen LogP contribution < -0.4 is 14.5 Å². The highest BCUT2D eigenvalue weighted by Crippen LogP contribution is 2.44. The molecule has 1 aliphatic carbocycles. The average molecular weight is 559 g/mol. The van der Waals surface area contributed by atoms with Crippen LogP contribution in [-0.4, -0.2) is 51.4 Å². The highest BCUT2D eigenvalue weighted by molar-refractivity contribution is 6.08. The van der Waals surface area contributed by atoms with E-state index in [0.29, 0.717) is 5.75 Å². The van der Waals surface area contributed by atoms with E-state index >= 15 is 0 Å². The Hall–Kier alpha value is -4.58. The molecule has 2 atom stereocenters. The number of rotatable bonds is 7. The van der Waals surface area contributed by atoms with Crippen molar-refractivity contribution in [3.05, 3.63) is 108 Å². The van der Waals surface area contributed by atoms with Crippen molar-refractivity contribution in [1.29, 1.82) is 0 Å². The van der Waals surface area contributed by atoms with Crippen LogP contribution in [0.3, 0.4) is 0 Å². The van der Waals surface area contributed by atoms with Crippen LogP contribution in [0.5, 0.6) is 5.75 Å². The molecule has 0 unspecified atom stereocenters. The molecule has 6 heteroatoms. The zero-order valence-electron chi connectivity index (χ0n) is 24.8. The molecule has 1 saturated carbocycles. The van der Waals surface area contributed by atoms with Gasteiger partial charge in [0.05, 0.1) is 11.8 Å². The largest absolute Gasteiger partial charge is 0.484 e. The second-order valence-corrected chi connectivity index (χ2v) is 11.6. The summed E-state index contributed by atoms with van der Waals surface area (Å²) in [6.07, 6.45) is 5.25. The molecule has 0 spiro atoms. The lowest BCUT2D eigenvalue weighted by Crippen LogP contribution is -2.34. The Morgan fingerprint density at radius 1 is 0.881 bits per heavy atom. The van der Waals surface area contributed by atoms with Crippen LogP contribution in [0.2, 0.25) is 0 Å². The molecule has 1 fully saturated rings. The quantitative estimate of drug-likeness (QED) is 0.241. The van der Waals surface area contributed by atoms with Crippen LogP contribution >= 0.6 is 0 Å². The number of benzene rings is 4. The van der Waals surface area contributed by atoms with Crippen LogP contribution in [0.25, 0.3) is 16.8 Å². The molecule has 4 aromatic carbocycles. The molecule has 42 heavy (non-hydrogen) atoms. The SMILES string of the molecule is CN(C)c1ccc(/C=C2\CCC[C@@H]3C2=NN(C(=O)COc2ccc4ccccc4c2)[C@@H]3c2ccc(N(C)C)cc2)cc1. The second kappa shape index (κ2) is 11.7. The first-order valence-corrected chi connectivity index (χ1v) is 14.6. The Labute approximate surface area is 248 Å². The summed E-state index contributed by atoms with van der Waals surface area (Å²) in [4.78, 5) is 18.0. The molecule has 2 aliphatic rings. The molecule has 0 N–H and O–H groups in total. The summed E-state index contributed by atoms with van der Waals surface area (Å²) >= 11 is 0. The van der Waals surface area contributed by atoms with Crippen molar-refractivity contribution in [2.75, 3.05) is 44.6 Å². The van der Waals surface area contributed by atoms with Gasteiger partial charge in [-0.25, -0.2) is 5.01 Å². The van der Waals surface area contributed by atoms with Crippen LogP contribution in [0.1, 0.15) is 36.4 Å². The molecule has 214 valence electrons. The molecule has 1 amide bonds. The average Bonchev–Trinajstić information content (AvgIpc) is 3.41. The minimum Gasteiger partial charge on any atom is -0.484 e. The minimum absolute atomic E-state index is 0.0703. The summed E-state index contributed by atoms with van der Waals surface area (Å²) < 4.78 is 6.04. The summed E-state index contributed by atoms with van der Waals surface area (Å²) in [5.74, 6) is 0.683. The number of hydrogen-bond acceptors (Lipinski definition) is 5. The Kier molecular flexibility index (Phi) is 7.70. The lowest BCUT2D eigenvalue weighted by molar-refractivity contribution is -0.135. The summed E-state index contributed by atoms with van der Waals surface area (Å²) in [5.41, 5.74) is 6.78. The number of hydrazone groups is 1. The number of ether oxygens (including phenoxy) is 1. The summed E-state index contributed by atoms with van der Waals surface area (Å²) in [6, 6.07) is 31.0. The molecule has 6 nitrogen and oxygen atoms in total. The van der Waals surface area contributed by atoms with Crippen molar-refractivity contribution in [3.8, 4) is 5.75 Å². The molecule has 6 rings (SSSR count). The maximum Gasteiger partial charge on any atom is 0.281 e. The van der Waals surface area contributed by atoms with Gasteiger partial charge in [0.1, 0.15) is 5.75 Å². The molecule has 1 aliphatic heterocycles. The van der Waals surface area contributed by atoms with Crippen molar-refractivity contribution in [3.63, 3.8) is 0 Å². The van der Waals surface area contributed by atoms with Gasteiger partial charge in [0, 0.05) is 45.5 Å². The van der Waals surface area contributed by atoms with E-state index in [1.807, 2.05) is 58.5 Å². The summed E-state index contributed by atoms with van der Waals surface area (Å²) in [5, 5.41) is 8.97. The highest BCUT2D eigenvalue weighted by atomic mass is 16.5. The van der Waals surface area contributed by atoms with E-state index in [2.05, 4.69) is 76.5 Å². The Morgan fingerprint density at radius 2 is 1.55 bits per heavy atom. The molecule has 0 radical (unpaired) electrons. The summed E-state index contributed by atoms with van der Waals surface area (Å²) in [6.45, 7) is -0.0703. The highest BCUT2D eigenvalue weighted by Gasteiger charge is 2.43. The van der Waals surface area contributed by atoms with E-state index in [-0.39, 0.29) is 24.5 Å². The maximum atomic E-state index is 13.8. The fourth-order valence-electron chi connectivity index (χ4n) is 6.05. The lowest BCUT2D eigenvalue weighted by Gasteiger charge is -2.30. The van der Waals surface area contributed by atoms with Gasteiger partial charge in [0.25, 0.3) is 5.91 Å². The van der Waals surface area contributed by atoms with Gasteiger partial charge in [-0.3, -0.25) is 4.79 Å². The van der Waals surface area contributed by atoms with E-state index in [1.165, 1.54) is 11.3 Å². The van der Waals surface area contributed by atoms with Gasteiger partial charge in [-0.1, -0.05) is 54.6 Å². The monoisotopic (exact) mass is 558 g/mol. The van der Waals surface area contributed by atoms with Crippen LogP contribution in [0.15, 0.2) is 102 Å². The van der Waals surface area contributed by atoms with E-state index in [9.17, 15) is 4.79 Å². The standard InChI is InChI=1S/C36H38N4O2/c1-38(2)30-17-12-25(13-18-30)22-29-10-7-11-33-35(29)37-40(36(33)27-14-19-31(20-15-27)39(3)4)34(41)24-42-32-21-16-26-8-5-6-9-28(26)23-32/h5-6,8-9,12-23,33,36H,7,10-11,24H2,1-4H3/b29-22+/t33-,36-/m1/s1. The van der Waals surface area contributed by atoms with Crippen LogP contribution in [-0.2, 0) is 4.79 Å². The van der Waals surface area contributed by atoms with Crippen LogP contribution in [0, 0.1) is 5.92 Å². The van der Waals surface area contributed by atoms with E-state index < -0.39 is 0 Å². The van der Waals surface area contributed by atoms with Crippen molar-refractivity contribution < 1.29 is 9.53 Å². The predicted octanol–water partition coefficient (Wildman–Crippen LogP) is 7.17. The minimum atomic E-state index is -0.163. The molecule has 0 saturated heterocycles. The first-order valence-electron chi connectivity index (χ1n) is 14.6.